The van der Waals surface area contributed by atoms with Gasteiger partial charge < -0.3 is 9.80 Å². The van der Waals surface area contributed by atoms with Crippen LogP contribution in [-0.4, -0.2) is 12.1 Å². The summed E-state index contributed by atoms with van der Waals surface area (Å²) in [5.41, 5.74) is 17.5. The first-order valence-corrected chi connectivity index (χ1v) is 23.1. The molecule has 0 fully saturated rings. The lowest BCUT2D eigenvalue weighted by molar-refractivity contribution is 0.440. The van der Waals surface area contributed by atoms with Crippen LogP contribution in [0.15, 0.2) is 230 Å². The lowest BCUT2D eigenvalue weighted by atomic mass is 9.62. The van der Waals surface area contributed by atoms with Gasteiger partial charge >= 0.3 is 0 Å². The maximum absolute atomic E-state index is 2.57. The minimum absolute atomic E-state index is 0.254. The third-order valence-corrected chi connectivity index (χ3v) is 14.9. The monoisotopic (exact) mass is 812 g/mol. The van der Waals surface area contributed by atoms with E-state index >= 15 is 0 Å². The van der Waals surface area contributed by atoms with Crippen LogP contribution in [0.4, 0.5) is 22.7 Å². The van der Waals surface area contributed by atoms with Gasteiger partial charge in [0.2, 0.25) is 0 Å². The van der Waals surface area contributed by atoms with Crippen molar-refractivity contribution in [2.75, 3.05) is 9.80 Å². The smallest absolute Gasteiger partial charge is 0.0559 e. The summed E-state index contributed by atoms with van der Waals surface area (Å²) >= 11 is 0. The van der Waals surface area contributed by atoms with E-state index in [-0.39, 0.29) is 29.2 Å². The Morgan fingerprint density at radius 2 is 1.16 bits per heavy atom. The molecule has 6 aliphatic rings. The zero-order valence-electron chi connectivity index (χ0n) is 35.7. The molecule has 2 heteroatoms. The number of nitrogens with zero attached hydrogens (tertiary/aromatic N) is 2. The Hall–Kier alpha value is -6.90. The largest absolute Gasteiger partial charge is 0.338 e. The van der Waals surface area contributed by atoms with E-state index in [1.54, 1.807) is 5.57 Å². The first-order valence-electron chi connectivity index (χ1n) is 23.1. The van der Waals surface area contributed by atoms with Crippen LogP contribution in [0.3, 0.4) is 0 Å². The fourth-order valence-corrected chi connectivity index (χ4v) is 12.2. The van der Waals surface area contributed by atoms with Gasteiger partial charge in [-0.3, -0.25) is 0 Å². The molecular formula is C61H52N2. The summed E-state index contributed by atoms with van der Waals surface area (Å²) < 4.78 is 0. The average Bonchev–Trinajstić information content (AvgIpc) is 3.83. The molecule has 0 saturated carbocycles. The Balaban J connectivity index is 0.925. The Bertz CT molecular complexity index is 2890. The van der Waals surface area contributed by atoms with Gasteiger partial charge in [-0.2, -0.15) is 0 Å². The molecule has 6 atom stereocenters. The molecule has 1 spiro atoms. The highest BCUT2D eigenvalue weighted by Gasteiger charge is 2.58. The highest BCUT2D eigenvalue weighted by Crippen LogP contribution is 2.67. The molecule has 6 aromatic rings. The van der Waals surface area contributed by atoms with Crippen molar-refractivity contribution in [3.05, 3.63) is 258 Å². The molecule has 63 heavy (non-hydrogen) atoms. The van der Waals surface area contributed by atoms with Crippen LogP contribution in [0.2, 0.25) is 0 Å². The Labute approximate surface area is 372 Å². The van der Waals surface area contributed by atoms with E-state index in [1.807, 2.05) is 0 Å². The number of rotatable bonds is 8. The predicted molar refractivity (Wildman–Crippen MR) is 264 cm³/mol. The molecule has 6 aliphatic carbocycles. The fraction of sp³-hybridized carbons (Fsp3) is 0.180. The first-order chi connectivity index (χ1) is 31.3. The minimum Gasteiger partial charge on any atom is -0.338 e. The lowest BCUT2D eigenvalue weighted by Gasteiger charge is -2.39. The molecule has 0 N–H and O–H groups in total. The molecule has 306 valence electrons. The standard InChI is InChI=1S/C61H52N2/c1-5-18-46(19-6-1)62(47-20-7-2-8-21-47)50-37-32-43(33-38-50)45-36-41-54-53-26-13-15-29-56(53)61(59(54)42-45)57-30-16-14-27-55(57)60-52(28-17-31-58(60)61)44-34-39-51(40-35-44)63(48-22-9-3-10-23-48)49-24-11-4-12-25-49/h1-7,9-19,22-24,26-41,45,47,49,55,57H,8,20-21,25,42H2. The first kappa shape index (κ1) is 37.8. The Morgan fingerprint density at radius 3 is 1.92 bits per heavy atom. The number of hydrogen-bond acceptors (Lipinski definition) is 2. The van der Waals surface area contributed by atoms with Gasteiger partial charge in [0.15, 0.2) is 0 Å². The molecule has 6 unspecified atom stereocenters. The van der Waals surface area contributed by atoms with E-state index in [4.69, 9.17) is 0 Å². The number of anilines is 4. The average molecular weight is 813 g/mol. The molecule has 0 aliphatic heterocycles. The minimum atomic E-state index is -0.254. The van der Waals surface area contributed by atoms with Crippen LogP contribution < -0.4 is 9.80 Å². The van der Waals surface area contributed by atoms with Crippen LogP contribution in [0.5, 0.6) is 0 Å². The normalized spacial score (nSPS) is 24.6. The van der Waals surface area contributed by atoms with Crippen LogP contribution in [0.1, 0.15) is 71.8 Å². The van der Waals surface area contributed by atoms with Crippen molar-refractivity contribution in [2.45, 2.75) is 61.4 Å². The third-order valence-electron chi connectivity index (χ3n) is 14.9. The topological polar surface area (TPSA) is 6.48 Å². The molecule has 2 nitrogen and oxygen atoms in total. The molecule has 0 heterocycles. The van der Waals surface area contributed by atoms with Gasteiger partial charge in [0.05, 0.1) is 11.5 Å². The van der Waals surface area contributed by atoms with Crippen LogP contribution >= 0.6 is 0 Å². The van der Waals surface area contributed by atoms with Crippen molar-refractivity contribution in [1.29, 1.82) is 0 Å². The third kappa shape index (κ3) is 6.22. The van der Waals surface area contributed by atoms with Gasteiger partial charge in [-0.25, -0.2) is 0 Å². The van der Waals surface area contributed by atoms with Crippen LogP contribution in [0.25, 0.3) is 16.7 Å². The van der Waals surface area contributed by atoms with E-state index in [0.29, 0.717) is 6.04 Å². The predicted octanol–water partition coefficient (Wildman–Crippen LogP) is 15.3. The maximum atomic E-state index is 2.57. The van der Waals surface area contributed by atoms with Gasteiger partial charge in [-0.15, -0.1) is 0 Å². The lowest BCUT2D eigenvalue weighted by Crippen LogP contribution is -2.35. The van der Waals surface area contributed by atoms with E-state index in [2.05, 4.69) is 234 Å². The SMILES string of the molecule is C1=CCC(N(c2ccccc2)c2ccc(-c3cccc4c3C3C=CC=CC3C43C4=C(C=CC(c5ccc(N(c6ccccc6)C6CC=CCC6)cc5)C4)c4ccccc43)cc2)C=C1. The van der Waals surface area contributed by atoms with Crippen molar-refractivity contribution in [3.8, 4) is 11.1 Å². The number of hydrogen-bond donors (Lipinski definition) is 0. The Kier molecular flexibility index (Phi) is 9.47. The summed E-state index contributed by atoms with van der Waals surface area (Å²) in [7, 11) is 0. The molecule has 12 rings (SSSR count). The second kappa shape index (κ2) is 15.8. The van der Waals surface area contributed by atoms with Gasteiger partial charge in [-0.05, 0) is 131 Å². The highest BCUT2D eigenvalue weighted by molar-refractivity contribution is 5.92. The van der Waals surface area contributed by atoms with Gasteiger partial charge in [0, 0.05) is 46.5 Å². The molecule has 0 radical (unpaired) electrons. The van der Waals surface area contributed by atoms with Gasteiger partial charge in [-0.1, -0.05) is 176 Å². The second-order valence-electron chi connectivity index (χ2n) is 18.1. The molecular weight excluding hydrogens is 761 g/mol. The maximum Gasteiger partial charge on any atom is 0.0559 e. The molecule has 0 bridgehead atoms. The van der Waals surface area contributed by atoms with Crippen molar-refractivity contribution < 1.29 is 0 Å². The summed E-state index contributed by atoms with van der Waals surface area (Å²) in [4.78, 5) is 5.05. The summed E-state index contributed by atoms with van der Waals surface area (Å²) in [5, 5.41) is 0. The number of allylic oxidation sites excluding steroid dienone is 11. The van der Waals surface area contributed by atoms with Crippen molar-refractivity contribution in [2.24, 2.45) is 5.92 Å². The van der Waals surface area contributed by atoms with E-state index in [9.17, 15) is 0 Å². The van der Waals surface area contributed by atoms with Crippen molar-refractivity contribution >= 4 is 28.3 Å². The second-order valence-corrected chi connectivity index (χ2v) is 18.1. The zero-order chi connectivity index (χ0) is 41.7. The van der Waals surface area contributed by atoms with Gasteiger partial charge in [0.25, 0.3) is 0 Å². The van der Waals surface area contributed by atoms with Crippen molar-refractivity contribution in [3.63, 3.8) is 0 Å². The van der Waals surface area contributed by atoms with E-state index in [1.165, 1.54) is 73.7 Å². The summed E-state index contributed by atoms with van der Waals surface area (Å²) in [6, 6.07) is 58.1. The molecule has 0 aromatic heterocycles. The van der Waals surface area contributed by atoms with Crippen molar-refractivity contribution in [1.82, 2.24) is 0 Å². The summed E-state index contributed by atoms with van der Waals surface area (Å²) in [6.45, 7) is 0. The van der Waals surface area contributed by atoms with Gasteiger partial charge in [0.1, 0.15) is 0 Å². The number of fused-ring (bicyclic) bond motifs is 9. The zero-order valence-corrected chi connectivity index (χ0v) is 35.7. The highest BCUT2D eigenvalue weighted by atomic mass is 15.2. The van der Waals surface area contributed by atoms with E-state index < -0.39 is 0 Å². The summed E-state index contributed by atoms with van der Waals surface area (Å²) in [6.07, 6.45) is 33.6. The number of para-hydroxylation sites is 2. The molecule has 0 saturated heterocycles. The summed E-state index contributed by atoms with van der Waals surface area (Å²) in [5.74, 6) is 0.836. The van der Waals surface area contributed by atoms with Crippen LogP contribution in [-0.2, 0) is 5.41 Å². The quantitative estimate of drug-likeness (QED) is 0.141. The number of benzene rings is 6. The Morgan fingerprint density at radius 1 is 0.492 bits per heavy atom. The molecule has 6 aromatic carbocycles. The fourth-order valence-electron chi connectivity index (χ4n) is 12.2. The molecule has 0 amide bonds. The van der Waals surface area contributed by atoms with E-state index in [0.717, 1.165) is 25.7 Å². The van der Waals surface area contributed by atoms with Crippen LogP contribution in [0, 0.1) is 5.92 Å².